The molecule has 1 rings (SSSR count). The molecule has 4 nitrogen and oxygen atoms in total. The van der Waals surface area contributed by atoms with Gasteiger partial charge in [-0.1, -0.05) is 20.8 Å². The molecule has 0 aliphatic heterocycles. The molecule has 1 aromatic heterocycles. The molecule has 4 N–H and O–H groups in total. The fourth-order valence-electron chi connectivity index (χ4n) is 2.13. The van der Waals surface area contributed by atoms with Crippen LogP contribution in [-0.4, -0.2) is 15.7 Å². The van der Waals surface area contributed by atoms with Crippen LogP contribution >= 0.6 is 0 Å². The molecule has 1 heterocycles. The summed E-state index contributed by atoms with van der Waals surface area (Å²) in [6, 6.07) is 0. The number of H-pyrrole nitrogens is 1. The lowest BCUT2D eigenvalue weighted by Crippen LogP contribution is -2.35. The Morgan fingerprint density at radius 1 is 1.33 bits per heavy atom. The molecule has 0 saturated carbocycles. The number of anilines is 2. The van der Waals surface area contributed by atoms with Gasteiger partial charge >= 0.3 is 0 Å². The summed E-state index contributed by atoms with van der Waals surface area (Å²) in [4.78, 5) is 0. The Morgan fingerprint density at radius 2 is 1.93 bits per heavy atom. The largest absolute Gasteiger partial charge is 0.382 e. The molecule has 0 radical (unpaired) electrons. The first-order valence-corrected chi connectivity index (χ1v) is 5.27. The summed E-state index contributed by atoms with van der Waals surface area (Å²) >= 11 is 0. The van der Waals surface area contributed by atoms with Crippen LogP contribution in [0.15, 0.2) is 6.20 Å². The number of nitrogens with zero attached hydrogens (tertiary/aromatic N) is 1. The molecule has 0 fully saturated rings. The molecule has 0 unspecified atom stereocenters. The van der Waals surface area contributed by atoms with E-state index in [9.17, 15) is 0 Å². The number of rotatable bonds is 3. The molecule has 0 aliphatic rings. The van der Waals surface area contributed by atoms with E-state index >= 15 is 0 Å². The quantitative estimate of drug-likeness (QED) is 0.718. The summed E-state index contributed by atoms with van der Waals surface area (Å²) < 4.78 is 0. The zero-order chi connectivity index (χ0) is 11.7. The predicted octanol–water partition coefficient (Wildman–Crippen LogP) is 2.62. The molecule has 0 spiro atoms. The minimum atomic E-state index is 0.0102. The van der Waals surface area contributed by atoms with Gasteiger partial charge in [-0.15, -0.1) is 0 Å². The first kappa shape index (κ1) is 11.9. The molecule has 0 aliphatic carbocycles. The number of aromatic nitrogens is 2. The van der Waals surface area contributed by atoms with E-state index in [0.29, 0.717) is 5.82 Å². The average molecular weight is 210 g/mol. The smallest absolute Gasteiger partial charge is 0.142 e. The summed E-state index contributed by atoms with van der Waals surface area (Å²) in [5.41, 5.74) is 6.91. The van der Waals surface area contributed by atoms with Crippen LogP contribution in [0.4, 0.5) is 11.5 Å². The summed E-state index contributed by atoms with van der Waals surface area (Å²) in [6.07, 6.45) is 2.78. The van der Waals surface area contributed by atoms with Crippen molar-refractivity contribution in [3.63, 3.8) is 0 Å². The molecule has 15 heavy (non-hydrogen) atoms. The number of aromatic amines is 1. The Hall–Kier alpha value is -1.19. The van der Waals surface area contributed by atoms with Gasteiger partial charge in [0.25, 0.3) is 0 Å². The van der Waals surface area contributed by atoms with Crippen molar-refractivity contribution in [2.24, 2.45) is 5.41 Å². The van der Waals surface area contributed by atoms with E-state index in [1.165, 1.54) is 0 Å². The van der Waals surface area contributed by atoms with Crippen molar-refractivity contribution in [3.05, 3.63) is 6.20 Å². The van der Waals surface area contributed by atoms with Crippen molar-refractivity contribution in [1.82, 2.24) is 10.2 Å². The second-order valence-electron chi connectivity index (χ2n) is 5.94. The summed E-state index contributed by atoms with van der Waals surface area (Å²) in [7, 11) is 0. The highest BCUT2D eigenvalue weighted by Crippen LogP contribution is 2.30. The Morgan fingerprint density at radius 3 is 2.33 bits per heavy atom. The number of hydrogen-bond acceptors (Lipinski definition) is 3. The topological polar surface area (TPSA) is 66.7 Å². The summed E-state index contributed by atoms with van der Waals surface area (Å²) in [5, 5.41) is 10.0. The Bertz CT molecular complexity index is 320. The second kappa shape index (κ2) is 3.76. The van der Waals surface area contributed by atoms with E-state index in [1.807, 2.05) is 0 Å². The van der Waals surface area contributed by atoms with Gasteiger partial charge in [0.2, 0.25) is 0 Å². The van der Waals surface area contributed by atoms with E-state index in [2.05, 4.69) is 50.1 Å². The van der Waals surface area contributed by atoms with Crippen molar-refractivity contribution in [3.8, 4) is 0 Å². The highest BCUT2D eigenvalue weighted by atomic mass is 15.2. The molecule has 0 amide bonds. The van der Waals surface area contributed by atoms with E-state index in [-0.39, 0.29) is 11.0 Å². The van der Waals surface area contributed by atoms with Crippen LogP contribution in [0.5, 0.6) is 0 Å². The van der Waals surface area contributed by atoms with Crippen molar-refractivity contribution in [2.75, 3.05) is 11.1 Å². The van der Waals surface area contributed by atoms with Crippen LogP contribution < -0.4 is 11.1 Å². The first-order chi connectivity index (χ1) is 6.70. The van der Waals surface area contributed by atoms with Gasteiger partial charge < -0.3 is 11.1 Å². The zero-order valence-electron chi connectivity index (χ0n) is 10.3. The van der Waals surface area contributed by atoms with Gasteiger partial charge in [0, 0.05) is 5.54 Å². The number of hydrogen-bond donors (Lipinski definition) is 3. The minimum Gasteiger partial charge on any atom is -0.382 e. The summed E-state index contributed by atoms with van der Waals surface area (Å²) in [6.45, 7) is 11.0. The normalized spacial score (nSPS) is 12.9. The maximum Gasteiger partial charge on any atom is 0.142 e. The fraction of sp³-hybridized carbons (Fsp3) is 0.727. The standard InChI is InChI=1S/C11H22N4/c1-10(2,3)7-11(4,5)14-8-6-13-15-9(8)12/h6,14H,7H2,1-5H3,(H3,12,13,15). The van der Waals surface area contributed by atoms with Crippen molar-refractivity contribution >= 4 is 11.5 Å². The van der Waals surface area contributed by atoms with Crippen LogP contribution in [0.1, 0.15) is 41.0 Å². The summed E-state index contributed by atoms with van der Waals surface area (Å²) in [5.74, 6) is 0.594. The van der Waals surface area contributed by atoms with Crippen LogP contribution in [-0.2, 0) is 0 Å². The number of nitrogen functional groups attached to an aromatic ring is 1. The minimum absolute atomic E-state index is 0.0102. The van der Waals surface area contributed by atoms with E-state index in [0.717, 1.165) is 12.1 Å². The number of nitrogens with one attached hydrogen (secondary N) is 2. The second-order valence-corrected chi connectivity index (χ2v) is 5.94. The molecule has 0 atom stereocenters. The Labute approximate surface area is 91.6 Å². The lowest BCUT2D eigenvalue weighted by Gasteiger charge is -2.33. The van der Waals surface area contributed by atoms with E-state index in [1.54, 1.807) is 6.20 Å². The molecule has 4 heteroatoms. The first-order valence-electron chi connectivity index (χ1n) is 5.27. The van der Waals surface area contributed by atoms with Gasteiger partial charge in [0.15, 0.2) is 0 Å². The molecular weight excluding hydrogens is 188 g/mol. The fourth-order valence-corrected chi connectivity index (χ4v) is 2.13. The van der Waals surface area contributed by atoms with Crippen LogP contribution in [0.25, 0.3) is 0 Å². The highest BCUT2D eigenvalue weighted by Gasteiger charge is 2.25. The van der Waals surface area contributed by atoms with Gasteiger partial charge in [-0.3, -0.25) is 5.10 Å². The van der Waals surface area contributed by atoms with Crippen LogP contribution in [0.3, 0.4) is 0 Å². The van der Waals surface area contributed by atoms with Gasteiger partial charge in [-0.25, -0.2) is 0 Å². The molecule has 0 bridgehead atoms. The molecular formula is C11H22N4. The molecule has 86 valence electrons. The average Bonchev–Trinajstić information content (AvgIpc) is 2.29. The third-order valence-electron chi connectivity index (χ3n) is 2.11. The third-order valence-corrected chi connectivity index (χ3v) is 2.11. The lowest BCUT2D eigenvalue weighted by molar-refractivity contribution is 0.302. The van der Waals surface area contributed by atoms with E-state index < -0.39 is 0 Å². The lowest BCUT2D eigenvalue weighted by atomic mass is 9.82. The third kappa shape index (κ3) is 3.81. The molecule has 0 saturated heterocycles. The SMILES string of the molecule is CC(C)(C)CC(C)(C)Nc1cn[nH]c1N. The van der Waals surface area contributed by atoms with E-state index in [4.69, 9.17) is 5.73 Å². The molecule has 0 aromatic carbocycles. The predicted molar refractivity (Wildman–Crippen MR) is 64.8 cm³/mol. The van der Waals surface area contributed by atoms with Crippen molar-refractivity contribution < 1.29 is 0 Å². The maximum atomic E-state index is 5.73. The van der Waals surface area contributed by atoms with Gasteiger partial charge in [0.05, 0.1) is 11.9 Å². The van der Waals surface area contributed by atoms with Crippen LogP contribution in [0.2, 0.25) is 0 Å². The van der Waals surface area contributed by atoms with Crippen molar-refractivity contribution in [2.45, 2.75) is 46.6 Å². The Kier molecular flexibility index (Phi) is 2.98. The van der Waals surface area contributed by atoms with Crippen LogP contribution in [0, 0.1) is 5.41 Å². The van der Waals surface area contributed by atoms with Gasteiger partial charge in [-0.2, -0.15) is 5.10 Å². The highest BCUT2D eigenvalue weighted by molar-refractivity contribution is 5.61. The monoisotopic (exact) mass is 210 g/mol. The Balaban J connectivity index is 2.68. The van der Waals surface area contributed by atoms with Gasteiger partial charge in [0.1, 0.15) is 5.82 Å². The van der Waals surface area contributed by atoms with Crippen molar-refractivity contribution in [1.29, 1.82) is 0 Å². The zero-order valence-corrected chi connectivity index (χ0v) is 10.3. The number of nitrogens with two attached hydrogens (primary N) is 1. The molecule has 1 aromatic rings. The maximum absolute atomic E-state index is 5.73. The van der Waals surface area contributed by atoms with Gasteiger partial charge in [-0.05, 0) is 25.7 Å².